The molecule has 2 saturated carbocycles. The number of methoxy groups -OCH3 is 2. The number of ether oxygens (including phenoxy) is 3. The first-order valence-corrected chi connectivity index (χ1v) is 13.8. The molecule has 5 nitrogen and oxygen atoms in total. The van der Waals surface area contributed by atoms with Gasteiger partial charge in [-0.1, -0.05) is 17.8 Å². The van der Waals surface area contributed by atoms with Crippen LogP contribution in [0.4, 0.5) is 0 Å². The van der Waals surface area contributed by atoms with E-state index in [9.17, 15) is 9.59 Å². The van der Waals surface area contributed by atoms with Gasteiger partial charge in [-0.05, 0) is 104 Å². The average Bonchev–Trinajstić information content (AvgIpc) is 3.95. The van der Waals surface area contributed by atoms with Crippen LogP contribution in [0, 0.1) is 58.6 Å². The third-order valence-electron chi connectivity index (χ3n) is 5.57. The Kier molecular flexibility index (Phi) is 15.5. The van der Waals surface area contributed by atoms with Gasteiger partial charge < -0.3 is 14.2 Å². The lowest BCUT2D eigenvalue weighted by atomic mass is 10.1. The van der Waals surface area contributed by atoms with Crippen LogP contribution in [0.15, 0.2) is 48.5 Å². The molecular formula is C34H33BrO5. The smallest absolute Gasteiger partial charge is 0.337 e. The maximum absolute atomic E-state index is 11.2. The highest BCUT2D eigenvalue weighted by Gasteiger charge is 2.17. The quantitative estimate of drug-likeness (QED) is 0.301. The van der Waals surface area contributed by atoms with Crippen molar-refractivity contribution in [3.05, 3.63) is 70.8 Å². The lowest BCUT2D eigenvalue weighted by Gasteiger charge is -1.97. The molecule has 2 aromatic rings. The Morgan fingerprint density at radius 1 is 0.775 bits per heavy atom. The molecule has 1 aliphatic heterocycles. The fraction of sp³-hybridized carbons (Fsp3) is 0.353. The summed E-state index contributed by atoms with van der Waals surface area (Å²) >= 11 is 2.99. The van der Waals surface area contributed by atoms with Crippen molar-refractivity contribution in [2.75, 3.05) is 27.4 Å². The predicted molar refractivity (Wildman–Crippen MR) is 160 cm³/mol. The van der Waals surface area contributed by atoms with Gasteiger partial charge in [0.15, 0.2) is 0 Å². The molecule has 3 aliphatic rings. The van der Waals surface area contributed by atoms with Gasteiger partial charge >= 0.3 is 11.9 Å². The molecule has 0 bridgehead atoms. The zero-order valence-corrected chi connectivity index (χ0v) is 24.5. The van der Waals surface area contributed by atoms with E-state index in [0.717, 1.165) is 24.3 Å². The van der Waals surface area contributed by atoms with Gasteiger partial charge in [0.05, 0.1) is 25.3 Å². The zero-order valence-electron chi connectivity index (χ0n) is 22.9. The van der Waals surface area contributed by atoms with Gasteiger partial charge in [0, 0.05) is 52.1 Å². The third kappa shape index (κ3) is 14.3. The number of carbonyl (C=O) groups is 2. The summed E-state index contributed by atoms with van der Waals surface area (Å²) in [4.78, 5) is 24.8. The standard InChI is InChI=1S/C15H12O2.C10H7BrO2.C5H6.C4H8O/c1-17-15(16)14-10-8-13(9-11-14)5-3-2-4-12-6-7-12;1-13-10(12)9-4-2-8(3-5-9)6-7-11;1-2-5-3-4-5;1-2-4-5-3-1/h8-12H,6-7H2,1H3;2-5H,1H3;1,5H,3-4H2;1-4H2. The molecule has 0 aromatic heterocycles. The first kappa shape index (κ1) is 32.3. The van der Waals surface area contributed by atoms with Gasteiger partial charge in [-0.25, -0.2) is 9.59 Å². The van der Waals surface area contributed by atoms with Crippen molar-refractivity contribution in [1.29, 1.82) is 0 Å². The molecule has 0 atom stereocenters. The van der Waals surface area contributed by atoms with Crippen LogP contribution in [0.2, 0.25) is 0 Å². The largest absolute Gasteiger partial charge is 0.465 e. The van der Waals surface area contributed by atoms with Crippen LogP contribution < -0.4 is 0 Å². The van der Waals surface area contributed by atoms with E-state index in [1.807, 2.05) is 0 Å². The Balaban J connectivity index is 0.000000212. The minimum absolute atomic E-state index is 0.335. The second kappa shape index (κ2) is 19.2. The summed E-state index contributed by atoms with van der Waals surface area (Å²) in [5, 5.41) is 0. The maximum Gasteiger partial charge on any atom is 0.337 e. The Bertz CT molecular complexity index is 1300. The fourth-order valence-corrected chi connectivity index (χ4v) is 3.13. The second-order valence-corrected chi connectivity index (χ2v) is 9.31. The van der Waals surface area contributed by atoms with Crippen molar-refractivity contribution >= 4 is 27.9 Å². The fourth-order valence-electron chi connectivity index (χ4n) is 2.90. The van der Waals surface area contributed by atoms with Gasteiger partial charge in [-0.3, -0.25) is 0 Å². The molecule has 0 unspecified atom stereocenters. The van der Waals surface area contributed by atoms with Crippen LogP contribution >= 0.6 is 15.9 Å². The predicted octanol–water partition coefficient (Wildman–Crippen LogP) is 6.24. The molecule has 206 valence electrons. The molecule has 0 N–H and O–H groups in total. The summed E-state index contributed by atoms with van der Waals surface area (Å²) < 4.78 is 14.1. The van der Waals surface area contributed by atoms with Gasteiger partial charge in [0.25, 0.3) is 0 Å². The number of carbonyl (C=O) groups excluding carboxylic acids is 2. The van der Waals surface area contributed by atoms with E-state index in [0.29, 0.717) is 23.0 Å². The van der Waals surface area contributed by atoms with E-state index in [-0.39, 0.29) is 11.9 Å². The highest BCUT2D eigenvalue weighted by molar-refractivity contribution is 9.12. The summed E-state index contributed by atoms with van der Waals surface area (Å²) in [5.74, 6) is 17.7. The Labute approximate surface area is 246 Å². The summed E-state index contributed by atoms with van der Waals surface area (Å²) in [6.45, 7) is 2.00. The number of benzene rings is 2. The first-order chi connectivity index (χ1) is 19.5. The van der Waals surface area contributed by atoms with Crippen LogP contribution in [0.1, 0.15) is 70.4 Å². The van der Waals surface area contributed by atoms with E-state index >= 15 is 0 Å². The van der Waals surface area contributed by atoms with Crippen LogP contribution in [-0.4, -0.2) is 39.4 Å². The molecule has 5 rings (SSSR count). The Morgan fingerprint density at radius 3 is 1.57 bits per heavy atom. The summed E-state index contributed by atoms with van der Waals surface area (Å²) in [6, 6.07) is 13.9. The van der Waals surface area contributed by atoms with E-state index in [4.69, 9.17) is 11.2 Å². The zero-order chi connectivity index (χ0) is 29.0. The van der Waals surface area contributed by atoms with E-state index < -0.39 is 0 Å². The number of hydrogen-bond acceptors (Lipinski definition) is 5. The van der Waals surface area contributed by atoms with Crippen LogP contribution in [0.3, 0.4) is 0 Å². The van der Waals surface area contributed by atoms with Crippen LogP contribution in [-0.2, 0) is 14.2 Å². The van der Waals surface area contributed by atoms with Gasteiger partial charge in [-0.15, -0.1) is 12.3 Å². The molecule has 1 saturated heterocycles. The number of terminal acetylenes is 1. The number of rotatable bonds is 2. The normalized spacial score (nSPS) is 13.8. The summed E-state index contributed by atoms with van der Waals surface area (Å²) in [7, 11) is 2.72. The van der Waals surface area contributed by atoms with Crippen molar-refractivity contribution in [2.24, 2.45) is 11.8 Å². The molecule has 0 spiro atoms. The van der Waals surface area contributed by atoms with Crippen LogP contribution in [0.25, 0.3) is 0 Å². The first-order valence-electron chi connectivity index (χ1n) is 13.0. The maximum atomic E-state index is 11.2. The van der Waals surface area contributed by atoms with E-state index in [2.05, 4.69) is 65.8 Å². The highest BCUT2D eigenvalue weighted by Crippen LogP contribution is 2.27. The number of hydrogen-bond donors (Lipinski definition) is 0. The van der Waals surface area contributed by atoms with Crippen molar-refractivity contribution in [3.63, 3.8) is 0 Å². The van der Waals surface area contributed by atoms with Gasteiger partial charge in [-0.2, -0.15) is 0 Å². The minimum Gasteiger partial charge on any atom is -0.465 e. The molecule has 6 heteroatoms. The van der Waals surface area contributed by atoms with Gasteiger partial charge in [0.2, 0.25) is 0 Å². The van der Waals surface area contributed by atoms with Crippen LogP contribution in [0.5, 0.6) is 0 Å². The Hall–Kier alpha value is -3.94. The summed E-state index contributed by atoms with van der Waals surface area (Å²) in [6.07, 6.45) is 12.5. The highest BCUT2D eigenvalue weighted by atomic mass is 79.9. The molecule has 2 aliphatic carbocycles. The number of halogens is 1. The molecule has 0 amide bonds. The molecule has 1 heterocycles. The van der Waals surface area contributed by atoms with Crippen molar-refractivity contribution < 1.29 is 23.8 Å². The summed E-state index contributed by atoms with van der Waals surface area (Å²) in [5.41, 5.74) is 2.76. The molecule has 3 fully saturated rings. The average molecular weight is 602 g/mol. The minimum atomic E-state index is -0.335. The topological polar surface area (TPSA) is 61.8 Å². The van der Waals surface area contributed by atoms with Crippen molar-refractivity contribution in [3.8, 4) is 46.8 Å². The molecular weight excluding hydrogens is 568 g/mol. The Morgan fingerprint density at radius 2 is 1.25 bits per heavy atom. The van der Waals surface area contributed by atoms with Gasteiger partial charge in [0.1, 0.15) is 0 Å². The SMILES string of the molecule is C#CC1CC1.C1CCOC1.COC(=O)c1ccc(C#CBr)cc1.COC(=O)c1ccc(C#CC#CC2CC2)cc1. The van der Waals surface area contributed by atoms with E-state index in [1.165, 1.54) is 52.7 Å². The molecule has 40 heavy (non-hydrogen) atoms. The van der Waals surface area contributed by atoms with E-state index in [1.54, 1.807) is 48.5 Å². The number of esters is 2. The van der Waals surface area contributed by atoms with Crippen molar-refractivity contribution in [1.82, 2.24) is 0 Å². The molecule has 2 aromatic carbocycles. The lowest BCUT2D eigenvalue weighted by Crippen LogP contribution is -2.00. The monoisotopic (exact) mass is 600 g/mol. The molecule has 0 radical (unpaired) electrons. The second-order valence-electron chi connectivity index (χ2n) is 8.91. The lowest BCUT2D eigenvalue weighted by molar-refractivity contribution is 0.0592. The third-order valence-corrected chi connectivity index (χ3v) is 5.77. The van der Waals surface area contributed by atoms with Crippen molar-refractivity contribution in [2.45, 2.75) is 38.5 Å².